The fourth-order valence-electron chi connectivity index (χ4n) is 2.98. The molecule has 2 aromatic heterocycles. The van der Waals surface area contributed by atoms with Crippen LogP contribution in [0.25, 0.3) is 0 Å². The Morgan fingerprint density at radius 1 is 1.20 bits per heavy atom. The molecule has 3 aromatic rings. The van der Waals surface area contributed by atoms with E-state index in [-0.39, 0.29) is 17.6 Å². The molecule has 0 aliphatic heterocycles. The summed E-state index contributed by atoms with van der Waals surface area (Å²) in [5.41, 5.74) is 2.81. The van der Waals surface area contributed by atoms with Crippen molar-refractivity contribution in [2.75, 3.05) is 5.32 Å². The average molecular weight is 333 g/mol. The highest BCUT2D eigenvalue weighted by Crippen LogP contribution is 2.25. The van der Waals surface area contributed by atoms with Gasteiger partial charge in [-0.2, -0.15) is 0 Å². The second kappa shape index (κ2) is 6.27. The van der Waals surface area contributed by atoms with Gasteiger partial charge in [0.15, 0.2) is 5.78 Å². The average Bonchev–Trinajstić information content (AvgIpc) is 3.22. The molecule has 0 unspecified atom stereocenters. The number of nitrogens with zero attached hydrogens (tertiary/aromatic N) is 4. The number of carbonyl (C=O) groups is 2. The van der Waals surface area contributed by atoms with E-state index in [2.05, 4.69) is 20.4 Å². The van der Waals surface area contributed by atoms with Gasteiger partial charge in [-0.15, -0.1) is 5.10 Å². The van der Waals surface area contributed by atoms with Gasteiger partial charge in [-0.3, -0.25) is 19.9 Å². The van der Waals surface area contributed by atoms with Gasteiger partial charge in [0.2, 0.25) is 5.95 Å². The third-order valence-corrected chi connectivity index (χ3v) is 4.12. The highest BCUT2D eigenvalue weighted by Gasteiger charge is 2.25. The minimum absolute atomic E-state index is 0.0100. The zero-order chi connectivity index (χ0) is 17.2. The number of ketones is 1. The Balaban J connectivity index is 1.51. The number of benzene rings is 1. The second-order valence-electron chi connectivity index (χ2n) is 5.84. The van der Waals surface area contributed by atoms with Crippen molar-refractivity contribution in [2.45, 2.75) is 19.4 Å². The van der Waals surface area contributed by atoms with Crippen LogP contribution in [0.2, 0.25) is 0 Å². The SMILES string of the molecule is O=C(Nc1ncn(Cc2cccnc2)n1)c1cccc2c1C(=O)CC2. The smallest absolute Gasteiger partial charge is 0.258 e. The van der Waals surface area contributed by atoms with Gasteiger partial charge in [0.25, 0.3) is 5.91 Å². The quantitative estimate of drug-likeness (QED) is 0.790. The van der Waals surface area contributed by atoms with E-state index in [0.717, 1.165) is 11.1 Å². The maximum absolute atomic E-state index is 12.5. The predicted octanol–water partition coefficient (Wildman–Crippen LogP) is 2.10. The standard InChI is InChI=1S/C18H15N5O2/c24-15-7-6-13-4-1-5-14(16(13)15)17(25)21-18-20-11-23(22-18)10-12-3-2-8-19-9-12/h1-5,8-9,11H,6-7,10H2,(H,21,22,25). The molecular formula is C18H15N5O2. The number of anilines is 1. The summed E-state index contributed by atoms with van der Waals surface area (Å²) in [4.78, 5) is 32.7. The van der Waals surface area contributed by atoms with Crippen LogP contribution in [0.5, 0.6) is 0 Å². The van der Waals surface area contributed by atoms with Gasteiger partial charge < -0.3 is 0 Å². The number of fused-ring (bicyclic) bond motifs is 1. The van der Waals surface area contributed by atoms with Crippen LogP contribution in [0.15, 0.2) is 49.1 Å². The fourth-order valence-corrected chi connectivity index (χ4v) is 2.98. The molecule has 1 amide bonds. The van der Waals surface area contributed by atoms with Gasteiger partial charge >= 0.3 is 0 Å². The van der Waals surface area contributed by atoms with E-state index in [1.54, 1.807) is 35.5 Å². The zero-order valence-electron chi connectivity index (χ0n) is 13.3. The number of rotatable bonds is 4. The summed E-state index contributed by atoms with van der Waals surface area (Å²) >= 11 is 0. The summed E-state index contributed by atoms with van der Waals surface area (Å²) in [6.45, 7) is 0.510. The summed E-state index contributed by atoms with van der Waals surface area (Å²) in [5.74, 6) is -0.154. The Morgan fingerprint density at radius 2 is 2.12 bits per heavy atom. The van der Waals surface area contributed by atoms with Gasteiger partial charge in [-0.25, -0.2) is 9.67 Å². The third kappa shape index (κ3) is 3.03. The Hall–Kier alpha value is -3.35. The molecular weight excluding hydrogens is 318 g/mol. The molecule has 0 saturated heterocycles. The van der Waals surface area contributed by atoms with Crippen LogP contribution in [0, 0.1) is 0 Å². The van der Waals surface area contributed by atoms with Crippen LogP contribution in [0.1, 0.15) is 38.3 Å². The van der Waals surface area contributed by atoms with Gasteiger partial charge in [-0.1, -0.05) is 18.2 Å². The number of hydrogen-bond acceptors (Lipinski definition) is 5. The normalized spacial score (nSPS) is 12.9. The van der Waals surface area contributed by atoms with Crippen molar-refractivity contribution < 1.29 is 9.59 Å². The lowest BCUT2D eigenvalue weighted by molar-refractivity contribution is 0.0974. The van der Waals surface area contributed by atoms with Crippen molar-refractivity contribution in [2.24, 2.45) is 0 Å². The molecule has 7 nitrogen and oxygen atoms in total. The molecule has 7 heteroatoms. The van der Waals surface area contributed by atoms with Gasteiger partial charge in [0, 0.05) is 24.4 Å². The van der Waals surface area contributed by atoms with Crippen LogP contribution in [-0.2, 0) is 13.0 Å². The van der Waals surface area contributed by atoms with E-state index in [1.165, 1.54) is 0 Å². The number of hydrogen-bond donors (Lipinski definition) is 1. The maximum Gasteiger partial charge on any atom is 0.258 e. The Bertz CT molecular complexity index is 949. The lowest BCUT2D eigenvalue weighted by Crippen LogP contribution is -2.16. The lowest BCUT2D eigenvalue weighted by Gasteiger charge is -2.06. The van der Waals surface area contributed by atoms with Crippen LogP contribution in [0.3, 0.4) is 0 Å². The number of carbonyl (C=O) groups excluding carboxylic acids is 2. The molecule has 1 aliphatic carbocycles. The van der Waals surface area contributed by atoms with Crippen LogP contribution >= 0.6 is 0 Å². The summed E-state index contributed by atoms with van der Waals surface area (Å²) < 4.78 is 1.62. The van der Waals surface area contributed by atoms with Gasteiger partial charge in [0.1, 0.15) is 6.33 Å². The van der Waals surface area contributed by atoms with E-state index >= 15 is 0 Å². The number of nitrogens with one attached hydrogen (secondary N) is 1. The zero-order valence-corrected chi connectivity index (χ0v) is 13.3. The van der Waals surface area contributed by atoms with Crippen LogP contribution in [0.4, 0.5) is 5.95 Å². The molecule has 0 atom stereocenters. The molecule has 25 heavy (non-hydrogen) atoms. The molecule has 4 rings (SSSR count). The van der Waals surface area contributed by atoms with Crippen molar-refractivity contribution >= 4 is 17.6 Å². The largest absolute Gasteiger partial charge is 0.294 e. The van der Waals surface area contributed by atoms with Crippen molar-refractivity contribution in [3.05, 3.63) is 71.3 Å². The molecule has 0 saturated carbocycles. The lowest BCUT2D eigenvalue weighted by atomic mass is 10.0. The number of aromatic nitrogens is 4. The fraction of sp³-hybridized carbons (Fsp3) is 0.167. The first-order valence-corrected chi connectivity index (χ1v) is 7.95. The summed E-state index contributed by atoms with van der Waals surface area (Å²) in [6, 6.07) is 9.12. The second-order valence-corrected chi connectivity index (χ2v) is 5.84. The van der Waals surface area contributed by atoms with Crippen LogP contribution < -0.4 is 5.32 Å². The first-order chi connectivity index (χ1) is 12.2. The molecule has 0 spiro atoms. The van der Waals surface area contributed by atoms with Crippen molar-refractivity contribution in [3.8, 4) is 0 Å². The van der Waals surface area contributed by atoms with Crippen molar-refractivity contribution in [1.29, 1.82) is 0 Å². The Kier molecular flexibility index (Phi) is 3.81. The first-order valence-electron chi connectivity index (χ1n) is 7.95. The van der Waals surface area contributed by atoms with Gasteiger partial charge in [-0.05, 0) is 29.7 Å². The number of amides is 1. The minimum Gasteiger partial charge on any atom is -0.294 e. The molecule has 0 radical (unpaired) electrons. The predicted molar refractivity (Wildman–Crippen MR) is 90.4 cm³/mol. The highest BCUT2D eigenvalue weighted by molar-refractivity contribution is 6.14. The number of aryl methyl sites for hydroxylation is 1. The van der Waals surface area contributed by atoms with Gasteiger partial charge in [0.05, 0.1) is 12.1 Å². The summed E-state index contributed by atoms with van der Waals surface area (Å²) in [5, 5.41) is 6.91. The van der Waals surface area contributed by atoms with E-state index in [4.69, 9.17) is 0 Å². The minimum atomic E-state index is -0.369. The molecule has 124 valence electrons. The van der Waals surface area contributed by atoms with Crippen LogP contribution in [-0.4, -0.2) is 31.4 Å². The van der Waals surface area contributed by atoms with E-state index in [9.17, 15) is 9.59 Å². The molecule has 0 fully saturated rings. The van der Waals surface area contributed by atoms with E-state index in [1.807, 2.05) is 18.2 Å². The Morgan fingerprint density at radius 3 is 2.96 bits per heavy atom. The highest BCUT2D eigenvalue weighted by atomic mass is 16.2. The maximum atomic E-state index is 12.5. The van der Waals surface area contributed by atoms with Crippen molar-refractivity contribution in [3.63, 3.8) is 0 Å². The monoisotopic (exact) mass is 333 g/mol. The molecule has 0 bridgehead atoms. The summed E-state index contributed by atoms with van der Waals surface area (Å²) in [7, 11) is 0. The van der Waals surface area contributed by atoms with E-state index in [0.29, 0.717) is 30.5 Å². The first kappa shape index (κ1) is 15.2. The third-order valence-electron chi connectivity index (χ3n) is 4.12. The van der Waals surface area contributed by atoms with E-state index < -0.39 is 0 Å². The topological polar surface area (TPSA) is 89.8 Å². The molecule has 1 N–H and O–H groups in total. The molecule has 2 heterocycles. The Labute approximate surface area is 143 Å². The molecule has 1 aromatic carbocycles. The number of Topliss-reactive ketones (excluding diaryl/α,β-unsaturated/α-hetero) is 1. The summed E-state index contributed by atoms with van der Waals surface area (Å²) in [6.07, 6.45) is 6.14. The number of pyridine rings is 1. The van der Waals surface area contributed by atoms with Crippen molar-refractivity contribution in [1.82, 2.24) is 19.7 Å². The molecule has 1 aliphatic rings.